The van der Waals surface area contributed by atoms with Crippen LogP contribution in [0.3, 0.4) is 0 Å². The predicted molar refractivity (Wildman–Crippen MR) is 136 cm³/mol. The average Bonchev–Trinajstić information content (AvgIpc) is 3.45. The highest BCUT2D eigenvalue weighted by Crippen LogP contribution is 2.34. The number of amides is 1. The molecule has 4 atom stereocenters. The molecule has 8 nitrogen and oxygen atoms in total. The van der Waals surface area contributed by atoms with E-state index < -0.39 is 6.04 Å². The Balaban J connectivity index is 1.28. The van der Waals surface area contributed by atoms with E-state index in [0.29, 0.717) is 18.8 Å². The Labute approximate surface area is 209 Å². The zero-order valence-corrected chi connectivity index (χ0v) is 20.6. The van der Waals surface area contributed by atoms with Crippen LogP contribution < -0.4 is 10.2 Å². The third kappa shape index (κ3) is 3.91. The van der Waals surface area contributed by atoms with Crippen molar-refractivity contribution in [2.75, 3.05) is 29.9 Å². The van der Waals surface area contributed by atoms with Gasteiger partial charge in [-0.05, 0) is 32.3 Å². The van der Waals surface area contributed by atoms with Crippen LogP contribution in [-0.2, 0) is 4.79 Å². The molecule has 0 spiro atoms. The Morgan fingerprint density at radius 3 is 2.92 bits per heavy atom. The number of piperidine rings is 1. The maximum absolute atomic E-state index is 14.4. The van der Waals surface area contributed by atoms with Gasteiger partial charge < -0.3 is 20.2 Å². The van der Waals surface area contributed by atoms with Gasteiger partial charge in [0, 0.05) is 48.9 Å². The lowest BCUT2D eigenvalue weighted by Gasteiger charge is -2.37. The summed E-state index contributed by atoms with van der Waals surface area (Å²) >= 11 is 0. The molecule has 2 aromatic heterocycles. The lowest BCUT2D eigenvalue weighted by atomic mass is 9.97. The van der Waals surface area contributed by atoms with Gasteiger partial charge >= 0.3 is 0 Å². The van der Waals surface area contributed by atoms with Gasteiger partial charge in [-0.15, -0.1) is 0 Å². The standard InChI is InChI=1S/C27H31FN6O2/c1-16-13-32(15-23(16)35)26-17(2)14-34-24(30-26)12-21(31-34)22-8-3-4-11-33(22)27(36)20-10-9-18-6-5-7-19(28)25(18)29-20/h5-7,9-10,12,14,16,20,22-23,29,35H,3-4,8,11,13,15H2,1-2H3/t16-,20?,22+,23+/m1/s1. The van der Waals surface area contributed by atoms with Gasteiger partial charge in [0.15, 0.2) is 5.65 Å². The SMILES string of the molecule is Cc1cn2nc([C@@H]3CCCCN3C(=O)C3C=Cc4cccc(F)c4N3)cc2nc1N1C[C@@H](C)[C@@H](O)C1. The van der Waals surface area contributed by atoms with Gasteiger partial charge in [-0.3, -0.25) is 4.79 Å². The first-order valence-electron chi connectivity index (χ1n) is 12.7. The van der Waals surface area contributed by atoms with Crippen LogP contribution in [0, 0.1) is 18.7 Å². The van der Waals surface area contributed by atoms with Crippen LogP contribution in [0.4, 0.5) is 15.9 Å². The molecule has 0 aliphatic carbocycles. The Morgan fingerprint density at radius 1 is 1.25 bits per heavy atom. The number of anilines is 2. The number of hydrogen-bond donors (Lipinski definition) is 2. The molecule has 6 rings (SSSR count). The van der Waals surface area contributed by atoms with Crippen molar-refractivity contribution in [2.24, 2.45) is 5.92 Å². The molecule has 1 unspecified atom stereocenters. The van der Waals surface area contributed by atoms with E-state index in [4.69, 9.17) is 10.1 Å². The number of likely N-dealkylation sites (tertiary alicyclic amines) is 1. The molecule has 188 valence electrons. The van der Waals surface area contributed by atoms with Crippen LogP contribution in [0.1, 0.15) is 49.0 Å². The second-order valence-electron chi connectivity index (χ2n) is 10.3. The summed E-state index contributed by atoms with van der Waals surface area (Å²) in [6.45, 7) is 6.03. The van der Waals surface area contributed by atoms with Gasteiger partial charge in [-0.25, -0.2) is 13.9 Å². The Morgan fingerprint density at radius 2 is 2.11 bits per heavy atom. The summed E-state index contributed by atoms with van der Waals surface area (Å²) in [5.74, 6) is 0.632. The number of para-hydroxylation sites is 1. The zero-order chi connectivity index (χ0) is 25.0. The van der Waals surface area contributed by atoms with E-state index in [1.807, 2.05) is 49.2 Å². The normalized spacial score (nSPS) is 25.8. The van der Waals surface area contributed by atoms with Gasteiger partial charge in [0.2, 0.25) is 5.91 Å². The topological polar surface area (TPSA) is 86.0 Å². The first-order chi connectivity index (χ1) is 17.4. The fraction of sp³-hybridized carbons (Fsp3) is 0.444. The highest BCUT2D eigenvalue weighted by Gasteiger charge is 2.35. The second-order valence-corrected chi connectivity index (χ2v) is 10.3. The van der Waals surface area contributed by atoms with Crippen LogP contribution in [-0.4, -0.2) is 62.3 Å². The number of β-amino-alcohol motifs (C(OH)–C–C–N with tert-alkyl or cyclic N) is 1. The quantitative estimate of drug-likeness (QED) is 0.584. The summed E-state index contributed by atoms with van der Waals surface area (Å²) in [7, 11) is 0. The molecule has 3 aliphatic rings. The van der Waals surface area contributed by atoms with Crippen molar-refractivity contribution in [1.29, 1.82) is 0 Å². The first-order valence-corrected chi connectivity index (χ1v) is 12.7. The Kier molecular flexibility index (Phi) is 5.67. The zero-order valence-electron chi connectivity index (χ0n) is 20.6. The number of rotatable bonds is 3. The van der Waals surface area contributed by atoms with Crippen molar-refractivity contribution >= 4 is 29.1 Å². The second kappa shape index (κ2) is 8.89. The van der Waals surface area contributed by atoms with Crippen molar-refractivity contribution in [3.05, 3.63) is 59.2 Å². The summed E-state index contributed by atoms with van der Waals surface area (Å²) in [6.07, 6.45) is 7.99. The van der Waals surface area contributed by atoms with E-state index in [1.165, 1.54) is 6.07 Å². The van der Waals surface area contributed by atoms with Crippen LogP contribution in [0.25, 0.3) is 11.7 Å². The number of benzene rings is 1. The molecule has 3 aromatic rings. The molecule has 0 radical (unpaired) electrons. The van der Waals surface area contributed by atoms with Crippen molar-refractivity contribution in [2.45, 2.75) is 51.3 Å². The minimum absolute atomic E-state index is 0.0771. The number of aliphatic hydroxyl groups is 1. The van der Waals surface area contributed by atoms with Crippen LogP contribution >= 0.6 is 0 Å². The van der Waals surface area contributed by atoms with E-state index in [9.17, 15) is 14.3 Å². The van der Waals surface area contributed by atoms with Crippen LogP contribution in [0.2, 0.25) is 0 Å². The van der Waals surface area contributed by atoms with E-state index in [1.54, 1.807) is 10.6 Å². The number of halogens is 1. The fourth-order valence-corrected chi connectivity index (χ4v) is 5.69. The number of carbonyl (C=O) groups excluding carboxylic acids is 1. The molecule has 9 heteroatoms. The molecule has 3 aliphatic heterocycles. The highest BCUT2D eigenvalue weighted by molar-refractivity contribution is 5.91. The molecule has 36 heavy (non-hydrogen) atoms. The largest absolute Gasteiger partial charge is 0.391 e. The molecular weight excluding hydrogens is 459 g/mol. The third-order valence-electron chi connectivity index (χ3n) is 7.70. The fourth-order valence-electron chi connectivity index (χ4n) is 5.69. The number of aliphatic hydroxyl groups excluding tert-OH is 1. The maximum Gasteiger partial charge on any atom is 0.249 e. The van der Waals surface area contributed by atoms with Gasteiger partial charge in [-0.2, -0.15) is 5.10 Å². The summed E-state index contributed by atoms with van der Waals surface area (Å²) in [4.78, 5) is 22.5. The molecule has 1 aromatic carbocycles. The lowest BCUT2D eigenvalue weighted by molar-refractivity contribution is -0.135. The van der Waals surface area contributed by atoms with E-state index in [0.717, 1.165) is 54.1 Å². The molecule has 1 amide bonds. The number of aryl methyl sites for hydroxylation is 1. The third-order valence-corrected chi connectivity index (χ3v) is 7.70. The molecule has 2 saturated heterocycles. The minimum Gasteiger partial charge on any atom is -0.391 e. The highest BCUT2D eigenvalue weighted by atomic mass is 19.1. The molecule has 0 saturated carbocycles. The number of hydrogen-bond acceptors (Lipinski definition) is 6. The first kappa shape index (κ1) is 23.0. The number of carbonyl (C=O) groups is 1. The number of nitrogens with zero attached hydrogens (tertiary/aromatic N) is 5. The van der Waals surface area contributed by atoms with Crippen LogP contribution in [0.15, 0.2) is 36.5 Å². The number of aromatic nitrogens is 3. The van der Waals surface area contributed by atoms with Crippen molar-refractivity contribution in [3.8, 4) is 0 Å². The lowest BCUT2D eigenvalue weighted by Crippen LogP contribution is -2.46. The predicted octanol–water partition coefficient (Wildman–Crippen LogP) is 3.55. The molecule has 2 fully saturated rings. The van der Waals surface area contributed by atoms with Gasteiger partial charge in [0.25, 0.3) is 0 Å². The summed E-state index contributed by atoms with van der Waals surface area (Å²) < 4.78 is 16.2. The van der Waals surface area contributed by atoms with Gasteiger partial charge in [-0.1, -0.05) is 31.2 Å². The van der Waals surface area contributed by atoms with Gasteiger partial charge in [0.1, 0.15) is 17.7 Å². The minimum atomic E-state index is -0.623. The maximum atomic E-state index is 14.4. The number of fused-ring (bicyclic) bond motifs is 2. The van der Waals surface area contributed by atoms with E-state index in [2.05, 4.69) is 10.2 Å². The van der Waals surface area contributed by atoms with Crippen molar-refractivity contribution in [3.63, 3.8) is 0 Å². The van der Waals surface area contributed by atoms with Gasteiger partial charge in [0.05, 0.1) is 23.5 Å². The van der Waals surface area contributed by atoms with E-state index in [-0.39, 0.29) is 29.8 Å². The average molecular weight is 491 g/mol. The Hall–Kier alpha value is -3.46. The van der Waals surface area contributed by atoms with Crippen molar-refractivity contribution in [1.82, 2.24) is 19.5 Å². The van der Waals surface area contributed by atoms with Crippen LogP contribution in [0.5, 0.6) is 0 Å². The smallest absolute Gasteiger partial charge is 0.249 e. The summed E-state index contributed by atoms with van der Waals surface area (Å²) in [6, 6.07) is 6.08. The van der Waals surface area contributed by atoms with E-state index >= 15 is 0 Å². The summed E-state index contributed by atoms with van der Waals surface area (Å²) in [5.41, 5.74) is 3.64. The molecular formula is C27H31FN6O2. The van der Waals surface area contributed by atoms with Crippen molar-refractivity contribution < 1.29 is 14.3 Å². The molecule has 5 heterocycles. The Bertz CT molecular complexity index is 1340. The number of nitrogens with one attached hydrogen (secondary N) is 1. The molecule has 0 bridgehead atoms. The molecule has 2 N–H and O–H groups in total. The summed E-state index contributed by atoms with van der Waals surface area (Å²) in [5, 5.41) is 18.1. The monoisotopic (exact) mass is 490 g/mol.